The van der Waals surface area contributed by atoms with Gasteiger partial charge in [0, 0.05) is 43.5 Å². The van der Waals surface area contributed by atoms with E-state index in [-0.39, 0.29) is 5.63 Å². The minimum absolute atomic E-state index is 0.276. The lowest BCUT2D eigenvalue weighted by atomic mass is 10.0. The van der Waals surface area contributed by atoms with E-state index in [2.05, 4.69) is 36.9 Å². The number of hydrogen-bond acceptors (Lipinski definition) is 5. The molecule has 1 aliphatic rings. The first-order valence-electron chi connectivity index (χ1n) is 8.91. The molecule has 1 fully saturated rings. The lowest BCUT2D eigenvalue weighted by Crippen LogP contribution is -2.34. The molecule has 0 aliphatic carbocycles. The Hall–Kier alpha value is -1.69. The summed E-state index contributed by atoms with van der Waals surface area (Å²) < 4.78 is 11.2. The number of rotatable bonds is 4. The first-order valence-corrected chi connectivity index (χ1v) is 8.91. The van der Waals surface area contributed by atoms with E-state index in [0.29, 0.717) is 11.5 Å². The van der Waals surface area contributed by atoms with Gasteiger partial charge >= 0.3 is 5.63 Å². The summed E-state index contributed by atoms with van der Waals surface area (Å²) in [5.41, 5.74) is 3.80. The van der Waals surface area contributed by atoms with Crippen molar-refractivity contribution >= 4 is 11.0 Å². The van der Waals surface area contributed by atoms with Gasteiger partial charge in [-0.25, -0.2) is 4.79 Å². The van der Waals surface area contributed by atoms with Crippen molar-refractivity contribution in [1.29, 1.82) is 0 Å². The SMILES string of the molecule is Cc1cc2oc(=O)cc(CN3CCOCC(CN(C)C)C3)c2cc1C. The summed E-state index contributed by atoms with van der Waals surface area (Å²) in [7, 11) is 4.19. The molecule has 1 saturated heterocycles. The predicted molar refractivity (Wildman–Crippen MR) is 100 cm³/mol. The Morgan fingerprint density at radius 2 is 1.96 bits per heavy atom. The smallest absolute Gasteiger partial charge is 0.336 e. The van der Waals surface area contributed by atoms with Gasteiger partial charge in [0.1, 0.15) is 5.58 Å². The zero-order valence-electron chi connectivity index (χ0n) is 15.7. The van der Waals surface area contributed by atoms with E-state index in [9.17, 15) is 4.79 Å². The molecule has 1 aliphatic heterocycles. The normalized spacial score (nSPS) is 19.5. The molecule has 5 nitrogen and oxygen atoms in total. The molecule has 1 atom stereocenters. The average Bonchev–Trinajstić information content (AvgIpc) is 2.73. The summed E-state index contributed by atoms with van der Waals surface area (Å²) in [6.45, 7) is 9.29. The van der Waals surface area contributed by atoms with Crippen LogP contribution < -0.4 is 5.63 Å². The van der Waals surface area contributed by atoms with E-state index >= 15 is 0 Å². The van der Waals surface area contributed by atoms with Crippen LogP contribution in [0.15, 0.2) is 27.4 Å². The number of benzene rings is 1. The summed E-state index contributed by atoms with van der Waals surface area (Å²) in [5.74, 6) is 0.480. The third-order valence-corrected chi connectivity index (χ3v) is 4.88. The molecule has 0 saturated carbocycles. The van der Waals surface area contributed by atoms with Gasteiger partial charge in [0.05, 0.1) is 13.2 Å². The topological polar surface area (TPSA) is 45.9 Å². The van der Waals surface area contributed by atoms with Crippen molar-refractivity contribution in [3.63, 3.8) is 0 Å². The maximum atomic E-state index is 12.0. The second kappa shape index (κ2) is 7.68. The number of ether oxygens (including phenoxy) is 1. The van der Waals surface area contributed by atoms with Crippen molar-refractivity contribution in [3.05, 3.63) is 45.3 Å². The highest BCUT2D eigenvalue weighted by Crippen LogP contribution is 2.23. The van der Waals surface area contributed by atoms with Crippen LogP contribution in [0.3, 0.4) is 0 Å². The molecule has 25 heavy (non-hydrogen) atoms. The second-order valence-electron chi connectivity index (χ2n) is 7.46. The van der Waals surface area contributed by atoms with E-state index < -0.39 is 0 Å². The second-order valence-corrected chi connectivity index (χ2v) is 7.46. The van der Waals surface area contributed by atoms with Crippen LogP contribution in [0.5, 0.6) is 0 Å². The largest absolute Gasteiger partial charge is 0.423 e. The third-order valence-electron chi connectivity index (χ3n) is 4.88. The Bertz CT molecular complexity index is 797. The number of aryl methyl sites for hydroxylation is 2. The van der Waals surface area contributed by atoms with E-state index in [4.69, 9.17) is 9.15 Å². The van der Waals surface area contributed by atoms with Gasteiger partial charge in [0.2, 0.25) is 0 Å². The fourth-order valence-electron chi connectivity index (χ4n) is 3.58. The highest BCUT2D eigenvalue weighted by molar-refractivity contribution is 5.81. The molecule has 0 spiro atoms. The van der Waals surface area contributed by atoms with Gasteiger partial charge in [-0.2, -0.15) is 0 Å². The van der Waals surface area contributed by atoms with Gasteiger partial charge in [-0.1, -0.05) is 0 Å². The highest BCUT2D eigenvalue weighted by atomic mass is 16.5. The Kier molecular flexibility index (Phi) is 5.57. The highest BCUT2D eigenvalue weighted by Gasteiger charge is 2.20. The lowest BCUT2D eigenvalue weighted by Gasteiger charge is -2.25. The molecule has 3 rings (SSSR count). The third kappa shape index (κ3) is 4.48. The van der Waals surface area contributed by atoms with Crippen LogP contribution in [0.4, 0.5) is 0 Å². The molecule has 0 bridgehead atoms. The average molecular weight is 344 g/mol. The molecule has 1 aromatic carbocycles. The monoisotopic (exact) mass is 344 g/mol. The number of hydrogen-bond donors (Lipinski definition) is 0. The lowest BCUT2D eigenvalue weighted by molar-refractivity contribution is 0.112. The van der Waals surface area contributed by atoms with E-state index in [0.717, 1.165) is 55.9 Å². The van der Waals surface area contributed by atoms with Crippen molar-refractivity contribution in [1.82, 2.24) is 9.80 Å². The minimum Gasteiger partial charge on any atom is -0.423 e. The quantitative estimate of drug-likeness (QED) is 0.797. The van der Waals surface area contributed by atoms with Crippen LogP contribution in [-0.2, 0) is 11.3 Å². The molecule has 136 valence electrons. The summed E-state index contributed by atoms with van der Waals surface area (Å²) in [5, 5.41) is 1.04. The predicted octanol–water partition coefficient (Wildman–Crippen LogP) is 2.42. The minimum atomic E-state index is -0.276. The molecule has 2 heterocycles. The standard InChI is InChI=1S/C20H28N2O3/c1-14-7-18-17(9-20(23)25-19(18)8-15(14)2)12-22-5-6-24-13-16(11-22)10-21(3)4/h7-9,16H,5-6,10-13H2,1-4H3. The first-order chi connectivity index (χ1) is 11.9. The number of nitrogens with zero attached hydrogens (tertiary/aromatic N) is 2. The van der Waals surface area contributed by atoms with E-state index in [1.165, 1.54) is 5.56 Å². The molecule has 5 heteroatoms. The van der Waals surface area contributed by atoms with Crippen molar-refractivity contribution < 1.29 is 9.15 Å². The van der Waals surface area contributed by atoms with Gasteiger partial charge in [-0.05, 0) is 56.8 Å². The molecule has 1 unspecified atom stereocenters. The van der Waals surface area contributed by atoms with Crippen molar-refractivity contribution in [3.8, 4) is 0 Å². The maximum Gasteiger partial charge on any atom is 0.336 e. The molecule has 2 aromatic rings. The number of fused-ring (bicyclic) bond motifs is 1. The fourth-order valence-corrected chi connectivity index (χ4v) is 3.58. The van der Waals surface area contributed by atoms with Crippen LogP contribution in [0.2, 0.25) is 0 Å². The first kappa shape index (κ1) is 18.1. The van der Waals surface area contributed by atoms with Crippen LogP contribution >= 0.6 is 0 Å². The van der Waals surface area contributed by atoms with Crippen LogP contribution in [0.25, 0.3) is 11.0 Å². The Balaban J connectivity index is 1.88. The molecular formula is C20H28N2O3. The summed E-state index contributed by atoms with van der Waals surface area (Å²) >= 11 is 0. The van der Waals surface area contributed by atoms with E-state index in [1.54, 1.807) is 6.07 Å². The molecule has 1 aromatic heterocycles. The molecule has 0 radical (unpaired) electrons. The Labute approximate surface area is 149 Å². The fraction of sp³-hybridized carbons (Fsp3) is 0.550. The summed E-state index contributed by atoms with van der Waals surface area (Å²) in [6, 6.07) is 5.74. The Morgan fingerprint density at radius 1 is 1.20 bits per heavy atom. The van der Waals surface area contributed by atoms with Crippen LogP contribution in [-0.4, -0.2) is 56.7 Å². The van der Waals surface area contributed by atoms with Crippen molar-refractivity contribution in [2.45, 2.75) is 20.4 Å². The van der Waals surface area contributed by atoms with Gasteiger partial charge in [-0.3, -0.25) is 4.90 Å². The zero-order chi connectivity index (χ0) is 18.0. The zero-order valence-corrected chi connectivity index (χ0v) is 15.7. The summed E-state index contributed by atoms with van der Waals surface area (Å²) in [4.78, 5) is 16.6. The maximum absolute atomic E-state index is 12.0. The molecular weight excluding hydrogens is 316 g/mol. The van der Waals surface area contributed by atoms with Crippen LogP contribution in [0.1, 0.15) is 16.7 Å². The van der Waals surface area contributed by atoms with Gasteiger partial charge in [0.15, 0.2) is 0 Å². The van der Waals surface area contributed by atoms with Crippen LogP contribution in [0, 0.1) is 19.8 Å². The van der Waals surface area contributed by atoms with E-state index in [1.807, 2.05) is 13.0 Å². The van der Waals surface area contributed by atoms with Gasteiger partial charge < -0.3 is 14.1 Å². The van der Waals surface area contributed by atoms with Gasteiger partial charge in [0.25, 0.3) is 0 Å². The molecule has 0 amide bonds. The van der Waals surface area contributed by atoms with Crippen molar-refractivity contribution in [2.24, 2.45) is 5.92 Å². The summed E-state index contributed by atoms with van der Waals surface area (Å²) in [6.07, 6.45) is 0. The molecule has 0 N–H and O–H groups in total. The van der Waals surface area contributed by atoms with Gasteiger partial charge in [-0.15, -0.1) is 0 Å². The Morgan fingerprint density at radius 3 is 2.72 bits per heavy atom. The van der Waals surface area contributed by atoms with Crippen molar-refractivity contribution in [2.75, 3.05) is 46.9 Å².